The summed E-state index contributed by atoms with van der Waals surface area (Å²) in [7, 11) is 3.01. The smallest absolute Gasteiger partial charge is 0.320 e. The highest BCUT2D eigenvalue weighted by Crippen LogP contribution is 2.39. The molecular weight excluding hydrogens is 475 g/mol. The van der Waals surface area contributed by atoms with Gasteiger partial charge in [-0.15, -0.1) is 0 Å². The minimum atomic E-state index is -1.41. The molecule has 0 bridgehead atoms. The summed E-state index contributed by atoms with van der Waals surface area (Å²) in [5.74, 6) is 0.383. The van der Waals surface area contributed by atoms with E-state index in [4.69, 9.17) is 23.7 Å². The van der Waals surface area contributed by atoms with E-state index in [2.05, 4.69) is 9.97 Å². The van der Waals surface area contributed by atoms with Crippen molar-refractivity contribution >= 4 is 10.9 Å². The van der Waals surface area contributed by atoms with E-state index < -0.39 is 24.5 Å². The van der Waals surface area contributed by atoms with Crippen LogP contribution in [0.5, 0.6) is 11.9 Å². The lowest BCUT2D eigenvalue weighted by atomic mass is 10.0. The van der Waals surface area contributed by atoms with E-state index >= 15 is 4.39 Å². The molecule has 1 aliphatic heterocycles. The molecule has 3 aromatic carbocycles. The van der Waals surface area contributed by atoms with Gasteiger partial charge in [-0.3, -0.25) is 0 Å². The van der Waals surface area contributed by atoms with E-state index in [0.29, 0.717) is 29.0 Å². The lowest BCUT2D eigenvalue weighted by Crippen LogP contribution is -2.34. The minimum absolute atomic E-state index is 0.168. The van der Waals surface area contributed by atoms with Gasteiger partial charge in [-0.25, -0.2) is 4.39 Å². The summed E-state index contributed by atoms with van der Waals surface area (Å²) in [6, 6.07) is 25.1. The van der Waals surface area contributed by atoms with Gasteiger partial charge in [-0.1, -0.05) is 66.7 Å². The van der Waals surface area contributed by atoms with Crippen LogP contribution in [0.15, 0.2) is 78.9 Å². The number of hydrogen-bond acceptors (Lipinski definition) is 7. The predicted octanol–water partition coefficient (Wildman–Crippen LogP) is 5.23. The van der Waals surface area contributed by atoms with Crippen molar-refractivity contribution < 1.29 is 28.1 Å². The minimum Gasteiger partial charge on any atom is -0.480 e. The van der Waals surface area contributed by atoms with Crippen molar-refractivity contribution in [1.29, 1.82) is 0 Å². The molecule has 1 fully saturated rings. The normalized spacial score (nSPS) is 21.3. The Kier molecular flexibility index (Phi) is 7.89. The van der Waals surface area contributed by atoms with Crippen molar-refractivity contribution in [1.82, 2.24) is 9.97 Å². The molecule has 192 valence electrons. The van der Waals surface area contributed by atoms with Crippen molar-refractivity contribution in [2.75, 3.05) is 20.8 Å². The Labute approximate surface area is 215 Å². The van der Waals surface area contributed by atoms with Gasteiger partial charge in [0.15, 0.2) is 6.17 Å². The van der Waals surface area contributed by atoms with E-state index in [-0.39, 0.29) is 19.2 Å². The van der Waals surface area contributed by atoms with Gasteiger partial charge >= 0.3 is 6.01 Å². The SMILES string of the molecule is COc1nc(OC)c2ccc([C@H]3O[C@H](COCc4ccccc4)[C@@H](OCc4ccccc4)[C@@H]3F)cc2n1. The third-order valence-corrected chi connectivity index (χ3v) is 6.34. The van der Waals surface area contributed by atoms with Crippen LogP contribution < -0.4 is 9.47 Å². The van der Waals surface area contributed by atoms with E-state index in [0.717, 1.165) is 11.1 Å². The molecule has 0 spiro atoms. The van der Waals surface area contributed by atoms with Gasteiger partial charge in [0.2, 0.25) is 5.88 Å². The number of ether oxygens (including phenoxy) is 5. The Morgan fingerprint density at radius 3 is 2.22 bits per heavy atom. The number of rotatable bonds is 10. The third kappa shape index (κ3) is 5.72. The van der Waals surface area contributed by atoms with Crippen LogP contribution in [0, 0.1) is 0 Å². The lowest BCUT2D eigenvalue weighted by molar-refractivity contribution is -0.0737. The number of fused-ring (bicyclic) bond motifs is 1. The number of alkyl halides is 1. The highest BCUT2D eigenvalue weighted by atomic mass is 19.1. The maximum Gasteiger partial charge on any atom is 0.320 e. The number of benzene rings is 3. The number of nitrogens with zero attached hydrogens (tertiary/aromatic N) is 2. The second-order valence-corrected chi connectivity index (χ2v) is 8.80. The van der Waals surface area contributed by atoms with Crippen LogP contribution in [0.3, 0.4) is 0 Å². The van der Waals surface area contributed by atoms with Gasteiger partial charge in [-0.05, 0) is 28.8 Å². The standard InChI is InChI=1S/C29H29FN2O5/c1-33-28-22-14-13-21(15-23(22)31-29(32-28)34-2)26-25(30)27(36-17-20-11-7-4-8-12-20)24(37-26)18-35-16-19-9-5-3-6-10-19/h3-15,24-27H,16-18H2,1-2H3/t24-,25-,26-,27-/m1/s1. The quantitative estimate of drug-likeness (QED) is 0.293. The molecule has 8 heteroatoms. The summed E-state index contributed by atoms with van der Waals surface area (Å²) in [4.78, 5) is 8.63. The number of methoxy groups -OCH3 is 2. The molecule has 0 radical (unpaired) electrons. The fourth-order valence-corrected chi connectivity index (χ4v) is 4.47. The zero-order valence-electron chi connectivity index (χ0n) is 20.7. The topological polar surface area (TPSA) is 71.9 Å². The molecule has 0 amide bonds. The first-order valence-electron chi connectivity index (χ1n) is 12.1. The van der Waals surface area contributed by atoms with Crippen molar-refractivity contribution in [2.45, 2.75) is 37.7 Å². The molecule has 1 saturated heterocycles. The van der Waals surface area contributed by atoms with Crippen molar-refractivity contribution in [2.24, 2.45) is 0 Å². The van der Waals surface area contributed by atoms with Crippen LogP contribution in [-0.4, -0.2) is 49.2 Å². The second kappa shape index (κ2) is 11.6. The molecule has 0 unspecified atom stereocenters. The van der Waals surface area contributed by atoms with Gasteiger partial charge in [0, 0.05) is 0 Å². The Bertz CT molecular complexity index is 1310. The first-order chi connectivity index (χ1) is 18.2. The molecule has 0 aliphatic carbocycles. The fourth-order valence-electron chi connectivity index (χ4n) is 4.47. The molecule has 0 saturated carbocycles. The van der Waals surface area contributed by atoms with Crippen molar-refractivity contribution in [3.63, 3.8) is 0 Å². The van der Waals surface area contributed by atoms with E-state index in [1.165, 1.54) is 14.2 Å². The largest absolute Gasteiger partial charge is 0.480 e. The maximum atomic E-state index is 15.9. The fraction of sp³-hybridized carbons (Fsp3) is 0.310. The van der Waals surface area contributed by atoms with Gasteiger partial charge in [0.05, 0.1) is 44.9 Å². The van der Waals surface area contributed by atoms with E-state index in [1.54, 1.807) is 18.2 Å². The molecule has 1 aliphatic rings. The molecule has 7 nitrogen and oxygen atoms in total. The van der Waals surface area contributed by atoms with Crippen LogP contribution in [-0.2, 0) is 27.4 Å². The van der Waals surface area contributed by atoms with E-state index in [9.17, 15) is 0 Å². The van der Waals surface area contributed by atoms with Gasteiger partial charge < -0.3 is 23.7 Å². The maximum absolute atomic E-state index is 15.9. The Hall–Kier alpha value is -3.59. The van der Waals surface area contributed by atoms with Crippen molar-refractivity contribution in [3.8, 4) is 11.9 Å². The monoisotopic (exact) mass is 504 g/mol. The highest BCUT2D eigenvalue weighted by molar-refractivity contribution is 5.84. The summed E-state index contributed by atoms with van der Waals surface area (Å²) < 4.78 is 44.8. The summed E-state index contributed by atoms with van der Waals surface area (Å²) in [6.45, 7) is 0.874. The summed E-state index contributed by atoms with van der Waals surface area (Å²) in [6.07, 6.45) is -3.64. The average Bonchev–Trinajstić information content (AvgIpc) is 3.26. The molecule has 1 aromatic heterocycles. The Morgan fingerprint density at radius 2 is 1.54 bits per heavy atom. The molecule has 4 aromatic rings. The molecule has 2 heterocycles. The first-order valence-corrected chi connectivity index (χ1v) is 12.1. The summed E-state index contributed by atoms with van der Waals surface area (Å²) in [5.41, 5.74) is 3.21. The van der Waals surface area contributed by atoms with Crippen LogP contribution in [0.1, 0.15) is 22.8 Å². The molecule has 5 rings (SSSR count). The number of hydrogen-bond donors (Lipinski definition) is 0. The van der Waals surface area contributed by atoms with E-state index in [1.807, 2.05) is 60.7 Å². The molecular formula is C29H29FN2O5. The number of halogens is 1. The molecule has 0 N–H and O–H groups in total. The third-order valence-electron chi connectivity index (χ3n) is 6.34. The summed E-state index contributed by atoms with van der Waals surface area (Å²) in [5, 5.41) is 0.695. The molecule has 4 atom stereocenters. The summed E-state index contributed by atoms with van der Waals surface area (Å²) >= 11 is 0. The van der Waals surface area contributed by atoms with Crippen LogP contribution in [0.25, 0.3) is 10.9 Å². The Morgan fingerprint density at radius 1 is 0.838 bits per heavy atom. The predicted molar refractivity (Wildman–Crippen MR) is 136 cm³/mol. The second-order valence-electron chi connectivity index (χ2n) is 8.80. The molecule has 37 heavy (non-hydrogen) atoms. The first kappa shape index (κ1) is 25.1. The van der Waals surface area contributed by atoms with Gasteiger partial charge in [-0.2, -0.15) is 9.97 Å². The zero-order valence-corrected chi connectivity index (χ0v) is 20.7. The van der Waals surface area contributed by atoms with Crippen LogP contribution >= 0.6 is 0 Å². The lowest BCUT2D eigenvalue weighted by Gasteiger charge is -2.20. The number of aromatic nitrogens is 2. The van der Waals surface area contributed by atoms with Crippen LogP contribution in [0.2, 0.25) is 0 Å². The van der Waals surface area contributed by atoms with Gasteiger partial charge in [0.25, 0.3) is 0 Å². The van der Waals surface area contributed by atoms with Crippen molar-refractivity contribution in [3.05, 3.63) is 95.6 Å². The highest BCUT2D eigenvalue weighted by Gasteiger charge is 2.46. The van der Waals surface area contributed by atoms with Crippen LogP contribution in [0.4, 0.5) is 4.39 Å². The average molecular weight is 505 g/mol. The zero-order chi connectivity index (χ0) is 25.6. The van der Waals surface area contributed by atoms with Gasteiger partial charge in [0.1, 0.15) is 18.3 Å². The Balaban J connectivity index is 1.37.